The molecule has 0 spiro atoms. The summed E-state index contributed by atoms with van der Waals surface area (Å²) in [6, 6.07) is 3.64. The van der Waals surface area contributed by atoms with E-state index in [9.17, 15) is 19.3 Å². The molecule has 0 bridgehead atoms. The van der Waals surface area contributed by atoms with E-state index in [-0.39, 0.29) is 11.8 Å². The van der Waals surface area contributed by atoms with E-state index in [1.165, 1.54) is 12.1 Å². The maximum Gasteiger partial charge on any atom is 0.410 e. The molecule has 1 aromatic carbocycles. The zero-order chi connectivity index (χ0) is 22.1. The first-order chi connectivity index (χ1) is 14.2. The van der Waals surface area contributed by atoms with E-state index in [0.29, 0.717) is 25.3 Å². The van der Waals surface area contributed by atoms with Crippen molar-refractivity contribution < 1.29 is 18.8 Å². The first-order valence-corrected chi connectivity index (χ1v) is 10.5. The van der Waals surface area contributed by atoms with Crippen LogP contribution < -0.4 is 5.32 Å². The Morgan fingerprint density at radius 2 is 1.83 bits per heavy atom. The SMILES string of the molecule is CC(C)(C)OC(=O)N1CCN(CCCCCCNc2ccc([N+](=O)[O-])cc2F)CC1. The maximum atomic E-state index is 13.8. The van der Waals surface area contributed by atoms with E-state index < -0.39 is 16.3 Å². The molecule has 1 saturated heterocycles. The normalized spacial score (nSPS) is 15.1. The molecule has 1 fully saturated rings. The molecule has 2 rings (SSSR count). The molecule has 9 heteroatoms. The number of nitro groups is 1. The zero-order valence-corrected chi connectivity index (χ0v) is 18.2. The molecule has 30 heavy (non-hydrogen) atoms. The van der Waals surface area contributed by atoms with Gasteiger partial charge in [-0.2, -0.15) is 0 Å². The summed E-state index contributed by atoms with van der Waals surface area (Å²) in [5.41, 5.74) is -0.415. The highest BCUT2D eigenvalue weighted by atomic mass is 19.1. The number of hydrogen-bond donors (Lipinski definition) is 1. The van der Waals surface area contributed by atoms with Crippen molar-refractivity contribution in [1.82, 2.24) is 9.80 Å². The number of rotatable bonds is 9. The fraction of sp³-hybridized carbons (Fsp3) is 0.667. The van der Waals surface area contributed by atoms with Crippen LogP contribution in [0, 0.1) is 15.9 Å². The summed E-state index contributed by atoms with van der Waals surface area (Å²) in [6.07, 6.45) is 3.86. The Hall–Kier alpha value is -2.42. The minimum absolute atomic E-state index is 0.237. The van der Waals surface area contributed by atoms with Crippen LogP contribution in [-0.4, -0.2) is 65.7 Å². The second kappa shape index (κ2) is 11.1. The van der Waals surface area contributed by atoms with Gasteiger partial charge < -0.3 is 15.0 Å². The predicted molar refractivity (Wildman–Crippen MR) is 114 cm³/mol. The number of benzene rings is 1. The number of hydrogen-bond acceptors (Lipinski definition) is 6. The lowest BCUT2D eigenvalue weighted by molar-refractivity contribution is -0.385. The number of unbranched alkanes of at least 4 members (excludes halogenated alkanes) is 3. The molecule has 1 aliphatic heterocycles. The lowest BCUT2D eigenvalue weighted by atomic mass is 10.1. The van der Waals surface area contributed by atoms with Crippen molar-refractivity contribution in [3.05, 3.63) is 34.1 Å². The number of nitrogens with one attached hydrogen (secondary N) is 1. The van der Waals surface area contributed by atoms with Gasteiger partial charge in [0.1, 0.15) is 5.60 Å². The van der Waals surface area contributed by atoms with Gasteiger partial charge in [0.05, 0.1) is 16.7 Å². The van der Waals surface area contributed by atoms with Crippen LogP contribution in [0.3, 0.4) is 0 Å². The van der Waals surface area contributed by atoms with Crippen molar-refractivity contribution in [2.75, 3.05) is 44.6 Å². The van der Waals surface area contributed by atoms with Crippen LogP contribution in [0.2, 0.25) is 0 Å². The maximum absolute atomic E-state index is 13.8. The van der Waals surface area contributed by atoms with Crippen LogP contribution in [0.1, 0.15) is 46.5 Å². The highest BCUT2D eigenvalue weighted by Crippen LogP contribution is 2.20. The van der Waals surface area contributed by atoms with Crippen LogP contribution in [0.4, 0.5) is 20.6 Å². The van der Waals surface area contributed by atoms with Crippen molar-refractivity contribution in [3.8, 4) is 0 Å². The molecule has 1 heterocycles. The Bertz CT molecular complexity index is 715. The van der Waals surface area contributed by atoms with E-state index in [2.05, 4.69) is 10.2 Å². The van der Waals surface area contributed by atoms with Crippen LogP contribution >= 0.6 is 0 Å². The molecule has 1 aromatic rings. The predicted octanol–water partition coefficient (Wildman–Crippen LogP) is 4.26. The van der Waals surface area contributed by atoms with E-state index in [1.54, 1.807) is 4.90 Å². The monoisotopic (exact) mass is 424 g/mol. The lowest BCUT2D eigenvalue weighted by Crippen LogP contribution is -2.50. The van der Waals surface area contributed by atoms with Gasteiger partial charge in [0.25, 0.3) is 5.69 Å². The van der Waals surface area contributed by atoms with E-state index in [0.717, 1.165) is 51.4 Å². The van der Waals surface area contributed by atoms with E-state index in [4.69, 9.17) is 4.74 Å². The third-order valence-corrected chi connectivity index (χ3v) is 4.90. The largest absolute Gasteiger partial charge is 0.444 e. The summed E-state index contributed by atoms with van der Waals surface area (Å²) in [6.45, 7) is 10.4. The van der Waals surface area contributed by atoms with Gasteiger partial charge in [-0.1, -0.05) is 12.8 Å². The van der Waals surface area contributed by atoms with Crippen LogP contribution in [-0.2, 0) is 4.74 Å². The summed E-state index contributed by atoms with van der Waals surface area (Å²) < 4.78 is 19.2. The van der Waals surface area contributed by atoms with Crippen LogP contribution in [0.25, 0.3) is 0 Å². The average molecular weight is 425 g/mol. The van der Waals surface area contributed by atoms with Crippen molar-refractivity contribution >= 4 is 17.5 Å². The van der Waals surface area contributed by atoms with Crippen molar-refractivity contribution in [2.24, 2.45) is 0 Å². The van der Waals surface area contributed by atoms with Gasteiger partial charge in [-0.25, -0.2) is 9.18 Å². The molecule has 168 valence electrons. The third kappa shape index (κ3) is 8.14. The van der Waals surface area contributed by atoms with Gasteiger partial charge in [-0.15, -0.1) is 0 Å². The fourth-order valence-electron chi connectivity index (χ4n) is 3.28. The molecule has 0 unspecified atom stereocenters. The molecule has 1 N–H and O–H groups in total. The number of amides is 1. The first-order valence-electron chi connectivity index (χ1n) is 10.5. The van der Waals surface area contributed by atoms with Crippen LogP contribution in [0.15, 0.2) is 18.2 Å². The Morgan fingerprint density at radius 3 is 2.43 bits per heavy atom. The Labute approximate surface area is 177 Å². The number of nitrogens with zero attached hydrogens (tertiary/aromatic N) is 3. The topological polar surface area (TPSA) is 88.0 Å². The molecule has 1 amide bonds. The number of non-ortho nitro benzene ring substituents is 1. The highest BCUT2D eigenvalue weighted by molar-refractivity contribution is 5.68. The third-order valence-electron chi connectivity index (χ3n) is 4.90. The summed E-state index contributed by atoms with van der Waals surface area (Å²) in [5.74, 6) is -0.602. The molecule has 0 atom stereocenters. The second-order valence-electron chi connectivity index (χ2n) is 8.57. The molecule has 0 aliphatic carbocycles. The summed E-state index contributed by atoms with van der Waals surface area (Å²) in [5, 5.41) is 13.6. The zero-order valence-electron chi connectivity index (χ0n) is 18.2. The quantitative estimate of drug-likeness (QED) is 0.362. The van der Waals surface area contributed by atoms with Crippen molar-refractivity contribution in [3.63, 3.8) is 0 Å². The standard InChI is InChI=1S/C21H33FN4O4/c1-21(2,3)30-20(27)25-14-12-24(13-15-25)11-7-5-4-6-10-23-19-9-8-17(26(28)29)16-18(19)22/h8-9,16,23H,4-7,10-15H2,1-3H3. The minimum Gasteiger partial charge on any atom is -0.444 e. The number of halogens is 1. The Morgan fingerprint density at radius 1 is 1.17 bits per heavy atom. The number of carbonyl (C=O) groups is 1. The minimum atomic E-state index is -0.607. The van der Waals surface area contributed by atoms with E-state index >= 15 is 0 Å². The molecule has 1 aliphatic rings. The molecule has 0 radical (unpaired) electrons. The molecule has 8 nitrogen and oxygen atoms in total. The molecular formula is C21H33FN4O4. The number of carbonyl (C=O) groups excluding carboxylic acids is 1. The van der Waals surface area contributed by atoms with Crippen molar-refractivity contribution in [2.45, 2.75) is 52.1 Å². The molecular weight excluding hydrogens is 391 g/mol. The Kier molecular flexibility index (Phi) is 8.83. The van der Waals surface area contributed by atoms with E-state index in [1.807, 2.05) is 20.8 Å². The highest BCUT2D eigenvalue weighted by Gasteiger charge is 2.25. The van der Waals surface area contributed by atoms with Crippen LogP contribution in [0.5, 0.6) is 0 Å². The number of ether oxygens (including phenoxy) is 1. The van der Waals surface area contributed by atoms with Gasteiger partial charge in [0.15, 0.2) is 5.82 Å². The average Bonchev–Trinajstić information content (AvgIpc) is 2.67. The number of nitro benzene ring substituents is 1. The number of anilines is 1. The van der Waals surface area contributed by atoms with Gasteiger partial charge in [-0.05, 0) is 46.2 Å². The van der Waals surface area contributed by atoms with Gasteiger partial charge in [-0.3, -0.25) is 15.0 Å². The first kappa shape index (κ1) is 23.9. The van der Waals surface area contributed by atoms with Gasteiger partial charge in [0, 0.05) is 38.8 Å². The smallest absolute Gasteiger partial charge is 0.410 e. The van der Waals surface area contributed by atoms with Gasteiger partial charge >= 0.3 is 6.09 Å². The molecule has 0 aromatic heterocycles. The summed E-state index contributed by atoms with van der Waals surface area (Å²) in [7, 11) is 0. The second-order valence-corrected chi connectivity index (χ2v) is 8.57. The summed E-state index contributed by atoms with van der Waals surface area (Å²) >= 11 is 0. The number of piperazine rings is 1. The summed E-state index contributed by atoms with van der Waals surface area (Å²) in [4.78, 5) is 26.2. The fourth-order valence-corrected chi connectivity index (χ4v) is 3.28. The molecule has 0 saturated carbocycles. The van der Waals surface area contributed by atoms with Crippen molar-refractivity contribution in [1.29, 1.82) is 0 Å². The van der Waals surface area contributed by atoms with Gasteiger partial charge in [0.2, 0.25) is 0 Å². The lowest BCUT2D eigenvalue weighted by Gasteiger charge is -2.35. The Balaban J connectivity index is 1.54.